The van der Waals surface area contributed by atoms with E-state index in [4.69, 9.17) is 9.47 Å². The maximum atomic E-state index is 12.0. The molecule has 27 heavy (non-hydrogen) atoms. The first-order chi connectivity index (χ1) is 12.8. The largest absolute Gasteiger partial charge is 0.465 e. The quantitative estimate of drug-likeness (QED) is 0.733. The Labute approximate surface area is 155 Å². The molecule has 9 heteroatoms. The third-order valence-corrected chi connectivity index (χ3v) is 3.53. The van der Waals surface area contributed by atoms with Crippen molar-refractivity contribution in [3.05, 3.63) is 36.0 Å². The number of para-hydroxylation sites is 1. The van der Waals surface area contributed by atoms with Crippen molar-refractivity contribution >= 4 is 34.8 Å². The van der Waals surface area contributed by atoms with Crippen molar-refractivity contribution in [3.8, 4) is 0 Å². The zero-order valence-electron chi connectivity index (χ0n) is 15.3. The summed E-state index contributed by atoms with van der Waals surface area (Å²) >= 11 is 0. The predicted molar refractivity (Wildman–Crippen MR) is 96.0 cm³/mol. The number of carbonyl (C=O) groups is 4. The molecule has 0 fully saturated rings. The number of nitrogens with one attached hydrogen (secondary N) is 2. The molecule has 0 unspecified atom stereocenters. The number of hydrogen-bond acceptors (Lipinski definition) is 6. The molecule has 1 aromatic heterocycles. The number of amides is 3. The summed E-state index contributed by atoms with van der Waals surface area (Å²) in [4.78, 5) is 46.9. The van der Waals surface area contributed by atoms with Gasteiger partial charge in [-0.15, -0.1) is 0 Å². The highest BCUT2D eigenvalue weighted by Gasteiger charge is 2.18. The molecule has 2 aromatic rings. The Hall–Kier alpha value is -3.36. The average molecular weight is 375 g/mol. The van der Waals surface area contributed by atoms with Crippen LogP contribution < -0.4 is 10.6 Å². The number of hydrogen-bond donors (Lipinski definition) is 2. The first-order valence-electron chi connectivity index (χ1n) is 8.24. The molecule has 0 atom stereocenters. The maximum Gasteiger partial charge on any atom is 0.340 e. The van der Waals surface area contributed by atoms with Crippen LogP contribution in [0.25, 0.3) is 10.9 Å². The van der Waals surface area contributed by atoms with E-state index < -0.39 is 30.5 Å². The van der Waals surface area contributed by atoms with E-state index in [0.717, 1.165) is 0 Å². The lowest BCUT2D eigenvalue weighted by molar-refractivity contribution is -0.148. The van der Waals surface area contributed by atoms with Crippen molar-refractivity contribution in [2.24, 2.45) is 0 Å². The topological polar surface area (TPSA) is 116 Å². The van der Waals surface area contributed by atoms with E-state index in [1.165, 1.54) is 17.9 Å². The van der Waals surface area contributed by atoms with Gasteiger partial charge in [-0.05, 0) is 19.9 Å². The van der Waals surface area contributed by atoms with Gasteiger partial charge in [0.25, 0.3) is 5.91 Å². The second kappa shape index (κ2) is 8.84. The fourth-order valence-corrected chi connectivity index (χ4v) is 2.44. The van der Waals surface area contributed by atoms with Gasteiger partial charge < -0.3 is 19.4 Å². The van der Waals surface area contributed by atoms with Crippen LogP contribution in [0.3, 0.4) is 0 Å². The monoisotopic (exact) mass is 375 g/mol. The molecule has 144 valence electrons. The minimum absolute atomic E-state index is 0.133. The van der Waals surface area contributed by atoms with Crippen LogP contribution in [-0.2, 0) is 25.6 Å². The molecule has 0 bridgehead atoms. The molecule has 0 aliphatic carbocycles. The van der Waals surface area contributed by atoms with Gasteiger partial charge in [-0.3, -0.25) is 14.9 Å². The Balaban J connectivity index is 1.99. The normalized spacial score (nSPS) is 10.5. The minimum Gasteiger partial charge on any atom is -0.465 e. The highest BCUT2D eigenvalue weighted by Crippen LogP contribution is 2.22. The molecule has 0 radical (unpaired) electrons. The maximum absolute atomic E-state index is 12.0. The standard InChI is InChI=1S/C18H21N3O6/c1-11(2)19-18(25)20-15(22)10-27-16(23)9-21-8-13(17(24)26-3)12-6-4-5-7-14(12)21/h4-8,11H,9-10H2,1-3H3,(H2,19,20,22,25). The fraction of sp³-hybridized carbons (Fsp3) is 0.333. The summed E-state index contributed by atoms with van der Waals surface area (Å²) in [5.74, 6) is -1.95. The van der Waals surface area contributed by atoms with E-state index in [9.17, 15) is 19.2 Å². The molecular weight excluding hydrogens is 354 g/mol. The SMILES string of the molecule is COC(=O)c1cn(CC(=O)OCC(=O)NC(=O)NC(C)C)c2ccccc12. The number of urea groups is 1. The van der Waals surface area contributed by atoms with Gasteiger partial charge in [0.15, 0.2) is 6.61 Å². The van der Waals surface area contributed by atoms with Gasteiger partial charge in [0.1, 0.15) is 6.54 Å². The highest BCUT2D eigenvalue weighted by atomic mass is 16.5. The Morgan fingerprint density at radius 1 is 1.15 bits per heavy atom. The van der Waals surface area contributed by atoms with Crippen molar-refractivity contribution in [3.63, 3.8) is 0 Å². The number of methoxy groups -OCH3 is 1. The molecule has 0 aliphatic heterocycles. The molecule has 0 spiro atoms. The van der Waals surface area contributed by atoms with Crippen LogP contribution in [0.4, 0.5) is 4.79 Å². The number of nitrogens with zero attached hydrogens (tertiary/aromatic N) is 1. The molecule has 0 saturated carbocycles. The Morgan fingerprint density at radius 3 is 2.52 bits per heavy atom. The van der Waals surface area contributed by atoms with Gasteiger partial charge in [0, 0.05) is 23.1 Å². The minimum atomic E-state index is -0.742. The van der Waals surface area contributed by atoms with Crippen LogP contribution in [0.2, 0.25) is 0 Å². The highest BCUT2D eigenvalue weighted by molar-refractivity contribution is 6.04. The van der Waals surface area contributed by atoms with Crippen LogP contribution in [0.1, 0.15) is 24.2 Å². The number of fused-ring (bicyclic) bond motifs is 1. The van der Waals surface area contributed by atoms with Crippen LogP contribution in [0.15, 0.2) is 30.5 Å². The van der Waals surface area contributed by atoms with Crippen molar-refractivity contribution in [2.75, 3.05) is 13.7 Å². The Bertz CT molecular complexity index is 871. The third kappa shape index (κ3) is 5.30. The number of carbonyl (C=O) groups excluding carboxylic acids is 4. The lowest BCUT2D eigenvalue weighted by Gasteiger charge is -2.10. The number of rotatable bonds is 6. The van der Waals surface area contributed by atoms with Gasteiger partial charge >= 0.3 is 18.0 Å². The summed E-state index contributed by atoms with van der Waals surface area (Å²) in [6, 6.07) is 6.23. The molecule has 2 N–H and O–H groups in total. The zero-order valence-corrected chi connectivity index (χ0v) is 15.3. The third-order valence-electron chi connectivity index (χ3n) is 3.53. The zero-order chi connectivity index (χ0) is 20.0. The van der Waals surface area contributed by atoms with Gasteiger partial charge in [0.2, 0.25) is 0 Å². The Kier molecular flexibility index (Phi) is 6.53. The first kappa shape index (κ1) is 20.0. The second-order valence-corrected chi connectivity index (χ2v) is 6.02. The van der Waals surface area contributed by atoms with E-state index >= 15 is 0 Å². The number of benzene rings is 1. The molecular formula is C18H21N3O6. The van der Waals surface area contributed by atoms with Gasteiger partial charge in [-0.1, -0.05) is 18.2 Å². The molecule has 0 saturated heterocycles. The van der Waals surface area contributed by atoms with Crippen LogP contribution in [-0.4, -0.2) is 48.2 Å². The van der Waals surface area contributed by atoms with Crippen LogP contribution in [0, 0.1) is 0 Å². The van der Waals surface area contributed by atoms with E-state index in [0.29, 0.717) is 16.5 Å². The summed E-state index contributed by atoms with van der Waals surface area (Å²) in [5.41, 5.74) is 0.972. The number of ether oxygens (including phenoxy) is 2. The summed E-state index contributed by atoms with van der Waals surface area (Å²) < 4.78 is 11.2. The smallest absolute Gasteiger partial charge is 0.340 e. The van der Waals surface area contributed by atoms with Crippen molar-refractivity contribution in [1.82, 2.24) is 15.2 Å². The second-order valence-electron chi connectivity index (χ2n) is 6.02. The van der Waals surface area contributed by atoms with Crippen molar-refractivity contribution < 1.29 is 28.7 Å². The van der Waals surface area contributed by atoms with Gasteiger partial charge in [0.05, 0.1) is 12.7 Å². The Morgan fingerprint density at radius 2 is 1.85 bits per heavy atom. The van der Waals surface area contributed by atoms with E-state index in [1.807, 2.05) is 0 Å². The van der Waals surface area contributed by atoms with Crippen LogP contribution >= 0.6 is 0 Å². The average Bonchev–Trinajstić information content (AvgIpc) is 2.97. The lowest BCUT2D eigenvalue weighted by atomic mass is 10.2. The summed E-state index contributed by atoms with van der Waals surface area (Å²) in [6.07, 6.45) is 1.49. The molecule has 9 nitrogen and oxygen atoms in total. The number of esters is 2. The summed E-state index contributed by atoms with van der Waals surface area (Å²) in [5, 5.41) is 5.17. The van der Waals surface area contributed by atoms with E-state index in [2.05, 4.69) is 10.6 Å². The van der Waals surface area contributed by atoms with E-state index in [-0.39, 0.29) is 12.6 Å². The van der Waals surface area contributed by atoms with Crippen LogP contribution in [0.5, 0.6) is 0 Å². The summed E-state index contributed by atoms with van der Waals surface area (Å²) in [7, 11) is 1.27. The summed E-state index contributed by atoms with van der Waals surface area (Å²) in [6.45, 7) is 2.69. The predicted octanol–water partition coefficient (Wildman–Crippen LogP) is 1.21. The fourth-order valence-electron chi connectivity index (χ4n) is 2.44. The molecule has 3 amide bonds. The number of aromatic nitrogens is 1. The molecule has 1 aromatic carbocycles. The molecule has 1 heterocycles. The lowest BCUT2D eigenvalue weighted by Crippen LogP contribution is -2.44. The van der Waals surface area contributed by atoms with E-state index in [1.54, 1.807) is 38.1 Å². The molecule has 2 rings (SSSR count). The van der Waals surface area contributed by atoms with Crippen molar-refractivity contribution in [1.29, 1.82) is 0 Å². The number of imide groups is 1. The van der Waals surface area contributed by atoms with Crippen molar-refractivity contribution in [2.45, 2.75) is 26.4 Å². The molecule has 0 aliphatic rings. The first-order valence-corrected chi connectivity index (χ1v) is 8.24. The van der Waals surface area contributed by atoms with Gasteiger partial charge in [-0.25, -0.2) is 9.59 Å². The van der Waals surface area contributed by atoms with Gasteiger partial charge in [-0.2, -0.15) is 0 Å².